The summed E-state index contributed by atoms with van der Waals surface area (Å²) in [7, 11) is -2.24. The fourth-order valence-electron chi connectivity index (χ4n) is 1.34. The molecule has 1 heterocycles. The zero-order valence-corrected chi connectivity index (χ0v) is 10.7. The molecule has 8 heteroatoms. The number of aryl methyl sites for hydroxylation is 1. The van der Waals surface area contributed by atoms with E-state index in [0.29, 0.717) is 11.6 Å². The number of anilines is 1. The highest BCUT2D eigenvalue weighted by Crippen LogP contribution is 2.18. The third-order valence-corrected chi connectivity index (χ3v) is 3.50. The van der Waals surface area contributed by atoms with Gasteiger partial charge in [0.2, 0.25) is 0 Å². The van der Waals surface area contributed by atoms with Crippen molar-refractivity contribution < 1.29 is 13.2 Å². The molecule has 1 aromatic heterocycles. The predicted octanol–water partition coefficient (Wildman–Crippen LogP) is 0.923. The van der Waals surface area contributed by atoms with E-state index in [0.717, 1.165) is 0 Å². The number of hydrogen-bond donors (Lipinski definition) is 2. The van der Waals surface area contributed by atoms with Crippen molar-refractivity contribution in [3.05, 3.63) is 30.1 Å². The van der Waals surface area contributed by atoms with Gasteiger partial charge < -0.3 is 4.74 Å². The molecule has 0 fully saturated rings. The van der Waals surface area contributed by atoms with Crippen molar-refractivity contribution in [2.45, 2.75) is 11.8 Å². The lowest BCUT2D eigenvalue weighted by molar-refractivity contribution is 0.413. The highest BCUT2D eigenvalue weighted by atomic mass is 32.2. The molecule has 0 amide bonds. The molecule has 0 saturated heterocycles. The van der Waals surface area contributed by atoms with E-state index < -0.39 is 10.0 Å². The van der Waals surface area contributed by atoms with Crippen LogP contribution in [0, 0.1) is 6.92 Å². The molecular weight excluding hydrogens is 256 g/mol. The molecule has 0 radical (unpaired) electrons. The Morgan fingerprint density at radius 3 is 2.78 bits per heavy atom. The first kappa shape index (κ1) is 12.4. The summed E-state index contributed by atoms with van der Waals surface area (Å²) in [5, 5.41) is 6.26. The monoisotopic (exact) mass is 268 g/mol. The molecule has 2 aromatic rings. The number of methoxy groups -OCH3 is 1. The van der Waals surface area contributed by atoms with Crippen LogP contribution in [0.4, 0.5) is 5.95 Å². The molecule has 1 aromatic carbocycles. The molecule has 7 nitrogen and oxygen atoms in total. The Bertz CT molecular complexity index is 651. The minimum Gasteiger partial charge on any atom is -0.497 e. The van der Waals surface area contributed by atoms with Gasteiger partial charge in [0, 0.05) is 6.07 Å². The fraction of sp³-hybridized carbons (Fsp3) is 0.200. The number of H-pyrrole nitrogens is 1. The average molecular weight is 268 g/mol. The van der Waals surface area contributed by atoms with E-state index in [1.165, 1.54) is 19.2 Å². The van der Waals surface area contributed by atoms with Gasteiger partial charge in [-0.25, -0.2) is 13.1 Å². The summed E-state index contributed by atoms with van der Waals surface area (Å²) in [6, 6.07) is 6.14. The third-order valence-electron chi connectivity index (χ3n) is 2.17. The van der Waals surface area contributed by atoms with Gasteiger partial charge in [0.05, 0.1) is 12.0 Å². The topological polar surface area (TPSA) is 97.0 Å². The number of ether oxygens (including phenoxy) is 1. The van der Waals surface area contributed by atoms with Crippen molar-refractivity contribution in [3.63, 3.8) is 0 Å². The molecule has 96 valence electrons. The second-order valence-corrected chi connectivity index (χ2v) is 5.21. The quantitative estimate of drug-likeness (QED) is 0.859. The highest BCUT2D eigenvalue weighted by Gasteiger charge is 2.16. The Morgan fingerprint density at radius 2 is 2.17 bits per heavy atom. The van der Waals surface area contributed by atoms with Crippen LogP contribution in [0.2, 0.25) is 0 Å². The lowest BCUT2D eigenvalue weighted by Gasteiger charge is -2.06. The molecular formula is C10H12N4O3S. The van der Waals surface area contributed by atoms with Crippen LogP contribution in [-0.4, -0.2) is 30.7 Å². The van der Waals surface area contributed by atoms with Crippen LogP contribution in [0.5, 0.6) is 5.75 Å². The van der Waals surface area contributed by atoms with Crippen molar-refractivity contribution in [1.82, 2.24) is 15.2 Å². The lowest BCUT2D eigenvalue weighted by atomic mass is 10.3. The molecule has 0 aliphatic carbocycles. The predicted molar refractivity (Wildman–Crippen MR) is 64.9 cm³/mol. The average Bonchev–Trinajstić information content (AvgIpc) is 2.74. The molecule has 0 aliphatic heterocycles. The molecule has 0 aliphatic rings. The van der Waals surface area contributed by atoms with E-state index >= 15 is 0 Å². The van der Waals surface area contributed by atoms with Crippen LogP contribution in [0.3, 0.4) is 0 Å². The van der Waals surface area contributed by atoms with Gasteiger partial charge in [-0.15, -0.1) is 5.10 Å². The van der Waals surface area contributed by atoms with Crippen molar-refractivity contribution in [1.29, 1.82) is 0 Å². The summed E-state index contributed by atoms with van der Waals surface area (Å²) in [6.07, 6.45) is 0. The standard InChI is InChI=1S/C10H12N4O3S/c1-7-11-10(13-12-7)14-18(15,16)9-5-3-4-8(6-9)17-2/h3-6H,1-2H3,(H2,11,12,13,14). The SMILES string of the molecule is COc1cccc(S(=O)(=O)Nc2n[nH]c(C)n2)c1. The molecule has 0 atom stereocenters. The minimum atomic E-state index is -3.71. The Labute approximate surface area is 104 Å². The number of nitrogens with zero attached hydrogens (tertiary/aromatic N) is 2. The summed E-state index contributed by atoms with van der Waals surface area (Å²) in [6.45, 7) is 1.68. The number of rotatable bonds is 4. The van der Waals surface area contributed by atoms with Crippen LogP contribution < -0.4 is 9.46 Å². The number of aromatic amines is 1. The van der Waals surface area contributed by atoms with Gasteiger partial charge in [0.25, 0.3) is 16.0 Å². The smallest absolute Gasteiger partial charge is 0.264 e. The van der Waals surface area contributed by atoms with E-state index in [-0.39, 0.29) is 10.8 Å². The first-order valence-corrected chi connectivity index (χ1v) is 6.55. The van der Waals surface area contributed by atoms with Crippen molar-refractivity contribution in [2.24, 2.45) is 0 Å². The van der Waals surface area contributed by atoms with Crippen LogP contribution in [0.1, 0.15) is 5.82 Å². The van der Waals surface area contributed by atoms with Crippen molar-refractivity contribution in [3.8, 4) is 5.75 Å². The summed E-state index contributed by atoms with van der Waals surface area (Å²) in [5.41, 5.74) is 0. The van der Waals surface area contributed by atoms with Gasteiger partial charge in [-0.05, 0) is 19.1 Å². The number of nitrogens with one attached hydrogen (secondary N) is 2. The minimum absolute atomic E-state index is 0.00956. The summed E-state index contributed by atoms with van der Waals surface area (Å²) >= 11 is 0. The molecule has 18 heavy (non-hydrogen) atoms. The molecule has 2 N–H and O–H groups in total. The molecule has 2 rings (SSSR count). The Balaban J connectivity index is 2.30. The zero-order valence-electron chi connectivity index (χ0n) is 9.84. The van der Waals surface area contributed by atoms with E-state index in [1.54, 1.807) is 19.1 Å². The molecule has 0 spiro atoms. The number of aromatic nitrogens is 3. The zero-order chi connectivity index (χ0) is 13.2. The normalized spacial score (nSPS) is 11.2. The molecule has 0 bridgehead atoms. The van der Waals surface area contributed by atoms with E-state index in [4.69, 9.17) is 4.74 Å². The Hall–Kier alpha value is -2.09. The van der Waals surface area contributed by atoms with E-state index in [2.05, 4.69) is 19.9 Å². The van der Waals surface area contributed by atoms with Gasteiger partial charge in [-0.2, -0.15) is 4.98 Å². The highest BCUT2D eigenvalue weighted by molar-refractivity contribution is 7.92. The fourth-order valence-corrected chi connectivity index (χ4v) is 2.31. The van der Waals surface area contributed by atoms with Gasteiger partial charge in [0.1, 0.15) is 11.6 Å². The van der Waals surface area contributed by atoms with Gasteiger partial charge in [-0.3, -0.25) is 5.10 Å². The summed E-state index contributed by atoms with van der Waals surface area (Å²) in [5.74, 6) is 0.998. The van der Waals surface area contributed by atoms with Gasteiger partial charge >= 0.3 is 0 Å². The first-order chi connectivity index (χ1) is 8.51. The third kappa shape index (κ3) is 2.59. The Morgan fingerprint density at radius 1 is 1.39 bits per heavy atom. The second-order valence-electron chi connectivity index (χ2n) is 3.53. The number of sulfonamides is 1. The maximum atomic E-state index is 12.0. The van der Waals surface area contributed by atoms with Crippen LogP contribution in [-0.2, 0) is 10.0 Å². The first-order valence-electron chi connectivity index (χ1n) is 5.07. The van der Waals surface area contributed by atoms with E-state index in [9.17, 15) is 8.42 Å². The molecule has 0 unspecified atom stereocenters. The maximum Gasteiger partial charge on any atom is 0.264 e. The van der Waals surface area contributed by atoms with E-state index in [1.807, 2.05) is 0 Å². The van der Waals surface area contributed by atoms with Crippen molar-refractivity contribution >= 4 is 16.0 Å². The van der Waals surface area contributed by atoms with Gasteiger partial charge in [-0.1, -0.05) is 6.07 Å². The summed E-state index contributed by atoms with van der Waals surface area (Å²) in [4.78, 5) is 3.96. The lowest BCUT2D eigenvalue weighted by Crippen LogP contribution is -2.14. The van der Waals surface area contributed by atoms with Crippen LogP contribution >= 0.6 is 0 Å². The Kier molecular flexibility index (Phi) is 3.19. The molecule has 0 saturated carbocycles. The summed E-state index contributed by atoms with van der Waals surface area (Å²) < 4.78 is 31.3. The van der Waals surface area contributed by atoms with Gasteiger partial charge in [0.15, 0.2) is 0 Å². The van der Waals surface area contributed by atoms with Crippen molar-refractivity contribution in [2.75, 3.05) is 11.8 Å². The maximum absolute atomic E-state index is 12.0. The number of hydrogen-bond acceptors (Lipinski definition) is 5. The number of benzene rings is 1. The van der Waals surface area contributed by atoms with Crippen LogP contribution in [0.25, 0.3) is 0 Å². The van der Waals surface area contributed by atoms with Crippen LogP contribution in [0.15, 0.2) is 29.2 Å². The largest absolute Gasteiger partial charge is 0.497 e. The second kappa shape index (κ2) is 4.65.